The molecule has 0 saturated heterocycles. The van der Waals surface area contributed by atoms with Gasteiger partial charge in [0.2, 0.25) is 15.9 Å². The predicted molar refractivity (Wildman–Crippen MR) is 218 cm³/mol. The first-order valence-electron chi connectivity index (χ1n) is 18.6. The zero-order valence-corrected chi connectivity index (χ0v) is 32.4. The lowest BCUT2D eigenvalue weighted by atomic mass is 9.76. The van der Waals surface area contributed by atoms with Gasteiger partial charge in [0.25, 0.3) is 0 Å². The van der Waals surface area contributed by atoms with E-state index in [9.17, 15) is 13.2 Å². The Labute approximate surface area is 322 Å². The van der Waals surface area contributed by atoms with Crippen molar-refractivity contribution in [2.24, 2.45) is 0 Å². The Bertz CT molecular complexity index is 2170. The van der Waals surface area contributed by atoms with Gasteiger partial charge in [0.15, 0.2) is 0 Å². The summed E-state index contributed by atoms with van der Waals surface area (Å²) in [7, 11) is -2.35. The van der Waals surface area contributed by atoms with E-state index in [2.05, 4.69) is 89.0 Å². The van der Waals surface area contributed by atoms with Crippen LogP contribution in [-0.4, -0.2) is 47.9 Å². The molecule has 0 bridgehead atoms. The van der Waals surface area contributed by atoms with Gasteiger partial charge in [-0.3, -0.25) is 4.79 Å². The molecule has 1 saturated carbocycles. The van der Waals surface area contributed by atoms with E-state index in [-0.39, 0.29) is 22.5 Å². The van der Waals surface area contributed by atoms with Crippen molar-refractivity contribution in [3.05, 3.63) is 161 Å². The third-order valence-corrected chi connectivity index (χ3v) is 13.3. The van der Waals surface area contributed by atoms with E-state index in [0.717, 1.165) is 58.6 Å². The summed E-state index contributed by atoms with van der Waals surface area (Å²) < 4.78 is 33.2. The van der Waals surface area contributed by atoms with Gasteiger partial charge in [-0.2, -0.15) is 4.72 Å². The van der Waals surface area contributed by atoms with Crippen molar-refractivity contribution in [1.82, 2.24) is 19.2 Å². The molecular weight excluding hydrogens is 711 g/mol. The third-order valence-electron chi connectivity index (χ3n) is 10.9. The van der Waals surface area contributed by atoms with E-state index in [1.165, 1.54) is 17.4 Å². The highest BCUT2D eigenvalue weighted by molar-refractivity contribution is 7.89. The van der Waals surface area contributed by atoms with Gasteiger partial charge in [-0.05, 0) is 73.2 Å². The quantitative estimate of drug-likeness (QED) is 0.0857. The second-order valence-corrected chi connectivity index (χ2v) is 16.7. The number of imidazole rings is 1. The minimum Gasteiger partial charge on any atom is -0.397 e. The molecular formula is C44H47N5O3S2. The highest BCUT2D eigenvalue weighted by Gasteiger charge is 2.40. The number of benzene rings is 4. The average molecular weight is 758 g/mol. The van der Waals surface area contributed by atoms with Crippen molar-refractivity contribution < 1.29 is 13.2 Å². The zero-order chi connectivity index (χ0) is 37.7. The van der Waals surface area contributed by atoms with Crippen LogP contribution in [0.1, 0.15) is 66.6 Å². The van der Waals surface area contributed by atoms with E-state index in [4.69, 9.17) is 10.7 Å². The molecule has 3 N–H and O–H groups in total. The number of sulfonamides is 1. The second kappa shape index (κ2) is 16.1. The molecule has 4 aromatic carbocycles. The number of hydrogen-bond donors (Lipinski definition) is 2. The number of amides is 1. The number of thiophene rings is 1. The summed E-state index contributed by atoms with van der Waals surface area (Å²) in [4.78, 5) is 21.7. The summed E-state index contributed by atoms with van der Waals surface area (Å²) in [5, 5.41) is 1.93. The minimum atomic E-state index is -4.15. The fourth-order valence-electron chi connectivity index (χ4n) is 8.08. The SMILES string of the molecule is Cc1c(CCC[C@H](NS(=O)(=O)c2cccc(-c3cccs3)c2N)C(=O)N(C)C2CCCC2)ncn1C(c1ccccc1)(c1ccccc1)c1ccccc1. The second-order valence-electron chi connectivity index (χ2n) is 14.1. The molecule has 2 aromatic heterocycles. The molecule has 1 aliphatic rings. The van der Waals surface area contributed by atoms with Crippen LogP contribution in [0.5, 0.6) is 0 Å². The number of aromatic nitrogens is 2. The fraction of sp³-hybridized carbons (Fsp3) is 0.273. The highest BCUT2D eigenvalue weighted by atomic mass is 32.2. The van der Waals surface area contributed by atoms with E-state index in [1.54, 1.807) is 18.0 Å². The Morgan fingerprint density at radius 3 is 2.04 bits per heavy atom. The summed E-state index contributed by atoms with van der Waals surface area (Å²) in [6.45, 7) is 2.09. The lowest BCUT2D eigenvalue weighted by molar-refractivity contribution is -0.133. The number of para-hydroxylation sites is 1. The lowest BCUT2D eigenvalue weighted by Crippen LogP contribution is -2.49. The molecule has 0 spiro atoms. The molecule has 1 aliphatic carbocycles. The predicted octanol–water partition coefficient (Wildman–Crippen LogP) is 8.41. The van der Waals surface area contributed by atoms with Crippen molar-refractivity contribution in [2.75, 3.05) is 12.8 Å². The van der Waals surface area contributed by atoms with Gasteiger partial charge >= 0.3 is 0 Å². The van der Waals surface area contributed by atoms with Gasteiger partial charge in [0.1, 0.15) is 16.5 Å². The molecule has 6 aromatic rings. The smallest absolute Gasteiger partial charge is 0.243 e. The van der Waals surface area contributed by atoms with Crippen molar-refractivity contribution in [3.8, 4) is 10.4 Å². The molecule has 1 amide bonds. The van der Waals surface area contributed by atoms with Crippen LogP contribution >= 0.6 is 11.3 Å². The topological polar surface area (TPSA) is 110 Å². The number of nitrogens with zero attached hydrogens (tertiary/aromatic N) is 3. The largest absolute Gasteiger partial charge is 0.397 e. The fourth-order valence-corrected chi connectivity index (χ4v) is 10.2. The maximum atomic E-state index is 14.1. The summed E-state index contributed by atoms with van der Waals surface area (Å²) in [5.74, 6) is -0.225. The Balaban J connectivity index is 1.19. The van der Waals surface area contributed by atoms with Crippen LogP contribution in [0, 0.1) is 6.92 Å². The number of carbonyl (C=O) groups is 1. The maximum Gasteiger partial charge on any atom is 0.243 e. The van der Waals surface area contributed by atoms with Crippen molar-refractivity contribution in [3.63, 3.8) is 0 Å². The lowest BCUT2D eigenvalue weighted by Gasteiger charge is -2.38. The summed E-state index contributed by atoms with van der Waals surface area (Å²) in [5.41, 5.74) is 11.8. The van der Waals surface area contributed by atoms with Gasteiger partial charge < -0.3 is 15.2 Å². The zero-order valence-electron chi connectivity index (χ0n) is 30.8. The molecule has 1 fully saturated rings. The maximum absolute atomic E-state index is 14.1. The van der Waals surface area contributed by atoms with Gasteiger partial charge in [0.05, 0.1) is 17.7 Å². The Morgan fingerprint density at radius 1 is 0.889 bits per heavy atom. The van der Waals surface area contributed by atoms with Gasteiger partial charge in [-0.15, -0.1) is 11.3 Å². The first kappa shape index (κ1) is 37.3. The van der Waals surface area contributed by atoms with Gasteiger partial charge in [-0.25, -0.2) is 13.4 Å². The van der Waals surface area contributed by atoms with Gasteiger partial charge in [-0.1, -0.05) is 122 Å². The van der Waals surface area contributed by atoms with E-state index in [0.29, 0.717) is 24.8 Å². The van der Waals surface area contributed by atoms with Crippen LogP contribution in [0.2, 0.25) is 0 Å². The number of likely N-dealkylation sites (N-methyl/N-ethyl adjacent to an activating group) is 1. The molecule has 2 heterocycles. The number of nitrogens with one attached hydrogen (secondary N) is 1. The first-order chi connectivity index (χ1) is 26.2. The molecule has 7 rings (SSSR count). The Morgan fingerprint density at radius 2 is 1.48 bits per heavy atom. The number of aryl methyl sites for hydroxylation is 1. The van der Waals surface area contributed by atoms with Crippen molar-refractivity contribution in [2.45, 2.75) is 74.4 Å². The Hall–Kier alpha value is -5.03. The van der Waals surface area contributed by atoms with Crippen LogP contribution < -0.4 is 10.5 Å². The number of hydrogen-bond acceptors (Lipinski definition) is 6. The molecule has 0 unspecified atom stereocenters. The number of rotatable bonds is 14. The molecule has 0 radical (unpaired) electrons. The summed E-state index contributed by atoms with van der Waals surface area (Å²) >= 11 is 1.49. The Kier molecular flexibility index (Phi) is 11.1. The molecule has 10 heteroatoms. The summed E-state index contributed by atoms with van der Waals surface area (Å²) in [6, 6.07) is 39.4. The van der Waals surface area contributed by atoms with Crippen LogP contribution in [0.4, 0.5) is 5.69 Å². The van der Waals surface area contributed by atoms with Crippen molar-refractivity contribution >= 4 is 33.0 Å². The van der Waals surface area contributed by atoms with Gasteiger partial charge in [0, 0.05) is 29.2 Å². The monoisotopic (exact) mass is 757 g/mol. The standard InChI is InChI=1S/C44H47N5O3S2/c1-32-38(46-31-49(32)44(33-17-6-3-7-18-33,34-19-8-4-9-20-34)35-21-10-5-11-22-35)26-15-27-39(43(50)48(2)36-23-12-13-24-36)47-54(51,52)41-29-14-25-37(42(41)45)40-28-16-30-53-40/h3-11,14,16-22,25,28-31,36,39,47H,12-13,15,23-24,26-27,45H2,1-2H3/t39-/m0/s1. The normalized spacial score (nSPS) is 14.3. The van der Waals surface area contributed by atoms with E-state index >= 15 is 0 Å². The highest BCUT2D eigenvalue weighted by Crippen LogP contribution is 2.42. The number of carbonyl (C=O) groups excluding carboxylic acids is 1. The van der Waals surface area contributed by atoms with Crippen molar-refractivity contribution in [1.29, 1.82) is 0 Å². The third kappa shape index (κ3) is 7.25. The number of anilines is 1. The number of nitrogens with two attached hydrogens (primary N) is 1. The first-order valence-corrected chi connectivity index (χ1v) is 21.0. The number of nitrogen functional groups attached to an aromatic ring is 1. The molecule has 278 valence electrons. The van der Waals surface area contributed by atoms with E-state index in [1.807, 2.05) is 48.1 Å². The van der Waals surface area contributed by atoms with E-state index < -0.39 is 21.6 Å². The molecule has 8 nitrogen and oxygen atoms in total. The molecule has 54 heavy (non-hydrogen) atoms. The van der Waals surface area contributed by atoms with Crippen LogP contribution in [0.15, 0.2) is 138 Å². The van der Waals surface area contributed by atoms with Crippen LogP contribution in [-0.2, 0) is 26.8 Å². The molecule has 1 atom stereocenters. The summed E-state index contributed by atoms with van der Waals surface area (Å²) in [6.07, 6.45) is 7.26. The molecule has 0 aliphatic heterocycles. The minimum absolute atomic E-state index is 0.0246. The average Bonchev–Trinajstić information content (AvgIpc) is 4.00. The van der Waals surface area contributed by atoms with Crippen LogP contribution in [0.3, 0.4) is 0 Å². The van der Waals surface area contributed by atoms with Crippen LogP contribution in [0.25, 0.3) is 10.4 Å².